The minimum atomic E-state index is -0.0328. The number of nitrogens with zero attached hydrogens (tertiary/aromatic N) is 3. The number of likely N-dealkylation sites (N-methyl/N-ethyl adjacent to an activating group) is 1. The van der Waals surface area contributed by atoms with Crippen LogP contribution in [-0.2, 0) is 0 Å². The average Bonchev–Trinajstić information content (AvgIpc) is 2.91. The second kappa shape index (κ2) is 3.60. The number of para-hydroxylation sites is 1. The lowest BCUT2D eigenvalue weighted by Gasteiger charge is -2.50. The number of hydrogen-bond donors (Lipinski definition) is 1. The Morgan fingerprint density at radius 1 is 1.37 bits per heavy atom. The van der Waals surface area contributed by atoms with Gasteiger partial charge in [-0.1, -0.05) is 23.5 Å². The van der Waals surface area contributed by atoms with E-state index in [0.717, 1.165) is 30.3 Å². The molecule has 0 bridgehead atoms. The number of carbonyl (C=O) groups is 1. The van der Waals surface area contributed by atoms with Crippen LogP contribution in [0.5, 0.6) is 0 Å². The Morgan fingerprint density at radius 3 is 2.84 bits per heavy atom. The first-order valence-electron chi connectivity index (χ1n) is 6.30. The van der Waals surface area contributed by atoms with Gasteiger partial charge in [-0.2, -0.15) is 0 Å². The van der Waals surface area contributed by atoms with Crippen LogP contribution in [0.25, 0.3) is 10.2 Å². The van der Waals surface area contributed by atoms with Crippen molar-refractivity contribution >= 4 is 32.7 Å². The first-order chi connectivity index (χ1) is 9.18. The number of rotatable bonds is 1. The molecule has 1 N–H and O–H groups in total. The highest BCUT2D eigenvalue weighted by atomic mass is 32.1. The van der Waals surface area contributed by atoms with Crippen LogP contribution in [0.1, 0.15) is 0 Å². The van der Waals surface area contributed by atoms with Crippen molar-refractivity contribution in [3.05, 3.63) is 24.3 Å². The summed E-state index contributed by atoms with van der Waals surface area (Å²) in [5.74, 6) is 0. The summed E-state index contributed by atoms with van der Waals surface area (Å²) in [4.78, 5) is 20.3. The summed E-state index contributed by atoms with van der Waals surface area (Å²) in [6, 6.07) is 8.21. The minimum absolute atomic E-state index is 0.0314. The van der Waals surface area contributed by atoms with Crippen LogP contribution < -0.4 is 10.2 Å². The van der Waals surface area contributed by atoms with Crippen molar-refractivity contribution in [3.63, 3.8) is 0 Å². The SMILES string of the molecule is CN1C(=O)NCC12CN(c1nc3ccccc3s1)C2. The summed E-state index contributed by atoms with van der Waals surface area (Å²) in [7, 11) is 1.87. The number of benzene rings is 1. The predicted octanol–water partition coefficient (Wildman–Crippen LogP) is 1.51. The molecule has 2 saturated heterocycles. The highest BCUT2D eigenvalue weighted by Crippen LogP contribution is 2.37. The maximum atomic E-state index is 11.5. The number of fused-ring (bicyclic) bond motifs is 1. The van der Waals surface area contributed by atoms with Gasteiger partial charge in [-0.05, 0) is 12.1 Å². The topological polar surface area (TPSA) is 48.5 Å². The van der Waals surface area contributed by atoms with Crippen LogP contribution in [0.2, 0.25) is 0 Å². The molecule has 3 heterocycles. The fourth-order valence-corrected chi connectivity index (χ4v) is 3.78. The highest BCUT2D eigenvalue weighted by molar-refractivity contribution is 7.22. The maximum absolute atomic E-state index is 11.5. The van der Waals surface area contributed by atoms with Crippen LogP contribution >= 0.6 is 11.3 Å². The van der Waals surface area contributed by atoms with E-state index < -0.39 is 0 Å². The van der Waals surface area contributed by atoms with Crippen LogP contribution in [-0.4, -0.2) is 48.1 Å². The molecule has 0 saturated carbocycles. The molecule has 0 atom stereocenters. The third kappa shape index (κ3) is 1.46. The van der Waals surface area contributed by atoms with E-state index in [1.165, 1.54) is 4.70 Å². The minimum Gasteiger partial charge on any atom is -0.343 e. The zero-order chi connectivity index (χ0) is 13.0. The second-order valence-corrected chi connectivity index (χ2v) is 6.27. The van der Waals surface area contributed by atoms with Crippen molar-refractivity contribution in [2.24, 2.45) is 0 Å². The van der Waals surface area contributed by atoms with Crippen molar-refractivity contribution in [1.29, 1.82) is 0 Å². The zero-order valence-electron chi connectivity index (χ0n) is 10.6. The van der Waals surface area contributed by atoms with Gasteiger partial charge in [-0.25, -0.2) is 9.78 Å². The molecule has 1 aromatic heterocycles. The van der Waals surface area contributed by atoms with Gasteiger partial charge in [0.15, 0.2) is 5.13 Å². The first kappa shape index (κ1) is 11.0. The van der Waals surface area contributed by atoms with E-state index in [4.69, 9.17) is 0 Å². The van der Waals surface area contributed by atoms with E-state index in [9.17, 15) is 4.79 Å². The lowest BCUT2D eigenvalue weighted by atomic mass is 9.90. The van der Waals surface area contributed by atoms with Crippen molar-refractivity contribution in [2.75, 3.05) is 31.6 Å². The number of amides is 2. The standard InChI is InChI=1S/C13H14N4OS/c1-16-11(18)14-6-13(16)7-17(8-13)12-15-9-4-2-3-5-10(9)19-12/h2-5H,6-8H2,1H3,(H,14,18). The van der Waals surface area contributed by atoms with Crippen molar-refractivity contribution in [3.8, 4) is 0 Å². The number of aromatic nitrogens is 1. The number of anilines is 1. The normalized spacial score (nSPS) is 21.0. The molecule has 2 aromatic rings. The van der Waals surface area contributed by atoms with E-state index in [0.29, 0.717) is 0 Å². The molecule has 98 valence electrons. The Kier molecular flexibility index (Phi) is 2.09. The van der Waals surface area contributed by atoms with Crippen molar-refractivity contribution < 1.29 is 4.79 Å². The van der Waals surface area contributed by atoms with Gasteiger partial charge >= 0.3 is 6.03 Å². The van der Waals surface area contributed by atoms with Crippen LogP contribution in [0.3, 0.4) is 0 Å². The number of nitrogens with one attached hydrogen (secondary N) is 1. The van der Waals surface area contributed by atoms with Crippen LogP contribution in [0.4, 0.5) is 9.93 Å². The summed E-state index contributed by atoms with van der Waals surface area (Å²) >= 11 is 1.72. The predicted molar refractivity (Wildman–Crippen MR) is 75.7 cm³/mol. The van der Waals surface area contributed by atoms with E-state index in [2.05, 4.69) is 21.3 Å². The van der Waals surface area contributed by atoms with Gasteiger partial charge in [0.1, 0.15) is 0 Å². The molecule has 19 heavy (non-hydrogen) atoms. The van der Waals surface area contributed by atoms with E-state index in [-0.39, 0.29) is 11.6 Å². The molecular weight excluding hydrogens is 260 g/mol. The van der Waals surface area contributed by atoms with Gasteiger partial charge < -0.3 is 15.1 Å². The molecule has 2 aliphatic heterocycles. The fourth-order valence-electron chi connectivity index (χ4n) is 2.81. The summed E-state index contributed by atoms with van der Waals surface area (Å²) in [6.45, 7) is 2.47. The average molecular weight is 274 g/mol. The molecule has 5 nitrogen and oxygen atoms in total. The van der Waals surface area contributed by atoms with E-state index in [1.54, 1.807) is 11.3 Å². The third-order valence-corrected chi connectivity index (χ3v) is 5.21. The smallest absolute Gasteiger partial charge is 0.317 e. The van der Waals surface area contributed by atoms with Gasteiger partial charge in [0.05, 0.1) is 15.8 Å². The van der Waals surface area contributed by atoms with E-state index in [1.807, 2.05) is 30.1 Å². The quantitative estimate of drug-likeness (QED) is 0.857. The number of carbonyl (C=O) groups excluding carboxylic acids is 1. The summed E-state index contributed by atoms with van der Waals surface area (Å²) in [5, 5.41) is 3.96. The molecule has 6 heteroatoms. The maximum Gasteiger partial charge on any atom is 0.317 e. The zero-order valence-corrected chi connectivity index (χ0v) is 11.4. The van der Waals surface area contributed by atoms with Gasteiger partial charge in [-0.15, -0.1) is 0 Å². The summed E-state index contributed by atoms with van der Waals surface area (Å²) in [5.41, 5.74) is 1.02. The number of urea groups is 1. The summed E-state index contributed by atoms with van der Waals surface area (Å²) < 4.78 is 1.22. The van der Waals surface area contributed by atoms with E-state index >= 15 is 0 Å². The Balaban J connectivity index is 1.58. The first-order valence-corrected chi connectivity index (χ1v) is 7.12. The Hall–Kier alpha value is -1.82. The fraction of sp³-hybridized carbons (Fsp3) is 0.385. The molecule has 0 unspecified atom stereocenters. The van der Waals surface area contributed by atoms with Crippen LogP contribution in [0, 0.1) is 0 Å². The van der Waals surface area contributed by atoms with Gasteiger partial charge in [0.25, 0.3) is 0 Å². The summed E-state index contributed by atoms with van der Waals surface area (Å²) in [6.07, 6.45) is 0. The molecule has 4 rings (SSSR count). The van der Waals surface area contributed by atoms with Gasteiger partial charge in [0.2, 0.25) is 0 Å². The second-order valence-electron chi connectivity index (χ2n) is 5.26. The van der Waals surface area contributed by atoms with Crippen molar-refractivity contribution in [1.82, 2.24) is 15.2 Å². The largest absolute Gasteiger partial charge is 0.343 e. The molecule has 2 amide bonds. The molecule has 2 fully saturated rings. The molecule has 0 aliphatic carbocycles. The van der Waals surface area contributed by atoms with Crippen molar-refractivity contribution in [2.45, 2.75) is 5.54 Å². The monoisotopic (exact) mass is 274 g/mol. The molecular formula is C13H14N4OS. The molecule has 1 aromatic carbocycles. The lowest BCUT2D eigenvalue weighted by Crippen LogP contribution is -2.69. The Bertz CT molecular complexity index is 628. The van der Waals surface area contributed by atoms with Gasteiger partial charge in [0, 0.05) is 26.7 Å². The number of hydrogen-bond acceptors (Lipinski definition) is 4. The Labute approximate surface area is 114 Å². The molecule has 2 aliphatic rings. The molecule has 1 spiro atoms. The third-order valence-electron chi connectivity index (χ3n) is 4.11. The van der Waals surface area contributed by atoms with Crippen LogP contribution in [0.15, 0.2) is 24.3 Å². The Morgan fingerprint density at radius 2 is 2.16 bits per heavy atom. The molecule has 0 radical (unpaired) electrons. The van der Waals surface area contributed by atoms with Gasteiger partial charge in [-0.3, -0.25) is 0 Å². The number of thiazole rings is 1. The lowest BCUT2D eigenvalue weighted by molar-refractivity contribution is 0.152. The highest BCUT2D eigenvalue weighted by Gasteiger charge is 2.52.